The van der Waals surface area contributed by atoms with Crippen molar-refractivity contribution >= 4 is 29.9 Å². The van der Waals surface area contributed by atoms with Gasteiger partial charge in [-0.15, -0.1) is 24.0 Å². The van der Waals surface area contributed by atoms with Crippen LogP contribution in [0.2, 0.25) is 0 Å². The van der Waals surface area contributed by atoms with Crippen LogP contribution in [0.4, 0.5) is 4.39 Å². The van der Waals surface area contributed by atoms with E-state index in [2.05, 4.69) is 20.6 Å². The number of pyridine rings is 1. The van der Waals surface area contributed by atoms with E-state index in [9.17, 15) is 4.39 Å². The van der Waals surface area contributed by atoms with Crippen molar-refractivity contribution in [3.8, 4) is 11.6 Å². The second-order valence-electron chi connectivity index (χ2n) is 6.59. The minimum absolute atomic E-state index is 0. The van der Waals surface area contributed by atoms with Gasteiger partial charge in [0.15, 0.2) is 5.96 Å². The molecule has 1 aromatic heterocycles. The third-order valence-corrected chi connectivity index (χ3v) is 4.39. The lowest BCUT2D eigenvalue weighted by atomic mass is 10.2. The van der Waals surface area contributed by atoms with Gasteiger partial charge in [0.1, 0.15) is 11.6 Å². The minimum atomic E-state index is -0.354. The van der Waals surface area contributed by atoms with Gasteiger partial charge in [-0.1, -0.05) is 12.1 Å². The van der Waals surface area contributed by atoms with Crippen molar-refractivity contribution in [3.63, 3.8) is 0 Å². The number of halogens is 2. The van der Waals surface area contributed by atoms with Crippen LogP contribution in [0.5, 0.6) is 11.6 Å². The van der Waals surface area contributed by atoms with Crippen LogP contribution >= 0.6 is 24.0 Å². The number of aliphatic imine (C=N–C) groups is 1. The fourth-order valence-corrected chi connectivity index (χ4v) is 2.87. The summed E-state index contributed by atoms with van der Waals surface area (Å²) < 4.78 is 30.2. The molecule has 2 heterocycles. The first-order valence-corrected chi connectivity index (χ1v) is 9.76. The average molecular weight is 530 g/mol. The topological polar surface area (TPSA) is 77.0 Å². The van der Waals surface area contributed by atoms with Gasteiger partial charge in [0.25, 0.3) is 0 Å². The van der Waals surface area contributed by atoms with Crippen LogP contribution in [0.1, 0.15) is 18.4 Å². The SMILES string of the molecule is CN=C(NCCCOC1CCOC1)NCc1cccnc1Oc1cccc(F)c1.I. The molecule has 2 aromatic rings. The number of nitrogens with zero attached hydrogens (tertiary/aromatic N) is 2. The fraction of sp³-hybridized carbons (Fsp3) is 0.429. The molecule has 9 heteroatoms. The lowest BCUT2D eigenvalue weighted by molar-refractivity contribution is 0.0420. The molecule has 1 aromatic carbocycles. The largest absolute Gasteiger partial charge is 0.439 e. The Bertz CT molecular complexity index is 803. The molecule has 30 heavy (non-hydrogen) atoms. The Hall–Kier alpha value is -1.98. The average Bonchev–Trinajstić information content (AvgIpc) is 3.24. The Morgan fingerprint density at radius 2 is 2.20 bits per heavy atom. The molecular weight excluding hydrogens is 502 g/mol. The van der Waals surface area contributed by atoms with E-state index in [1.165, 1.54) is 12.1 Å². The van der Waals surface area contributed by atoms with Crippen molar-refractivity contribution < 1.29 is 18.6 Å². The summed E-state index contributed by atoms with van der Waals surface area (Å²) in [5, 5.41) is 6.50. The number of nitrogens with one attached hydrogen (secondary N) is 2. The molecule has 0 aliphatic carbocycles. The first kappa shape index (κ1) is 24.3. The number of aromatic nitrogens is 1. The van der Waals surface area contributed by atoms with E-state index < -0.39 is 0 Å². The Labute approximate surface area is 193 Å². The van der Waals surface area contributed by atoms with Crippen LogP contribution in [0.25, 0.3) is 0 Å². The van der Waals surface area contributed by atoms with Gasteiger partial charge in [0.05, 0.1) is 12.7 Å². The minimum Gasteiger partial charge on any atom is -0.439 e. The maximum atomic E-state index is 13.4. The summed E-state index contributed by atoms with van der Waals surface area (Å²) in [6, 6.07) is 9.72. The molecule has 1 aliphatic rings. The van der Waals surface area contributed by atoms with Crippen LogP contribution in [0.3, 0.4) is 0 Å². The highest BCUT2D eigenvalue weighted by Gasteiger charge is 2.15. The number of hydrogen-bond donors (Lipinski definition) is 2. The number of ether oxygens (including phenoxy) is 3. The zero-order valence-corrected chi connectivity index (χ0v) is 19.3. The van der Waals surface area contributed by atoms with Crippen LogP contribution in [0, 0.1) is 5.82 Å². The zero-order chi connectivity index (χ0) is 20.3. The van der Waals surface area contributed by atoms with E-state index in [0.717, 1.165) is 31.6 Å². The Morgan fingerprint density at radius 3 is 2.97 bits per heavy atom. The molecule has 1 aliphatic heterocycles. The summed E-state index contributed by atoms with van der Waals surface area (Å²) in [5.74, 6) is 1.15. The number of benzene rings is 1. The highest BCUT2D eigenvalue weighted by molar-refractivity contribution is 14.0. The molecule has 0 radical (unpaired) electrons. The highest BCUT2D eigenvalue weighted by Crippen LogP contribution is 2.23. The Morgan fingerprint density at radius 1 is 1.30 bits per heavy atom. The first-order valence-electron chi connectivity index (χ1n) is 9.76. The first-order chi connectivity index (χ1) is 14.2. The van der Waals surface area contributed by atoms with Crippen molar-refractivity contribution in [1.29, 1.82) is 0 Å². The molecule has 0 saturated carbocycles. The van der Waals surface area contributed by atoms with E-state index in [-0.39, 0.29) is 35.9 Å². The van der Waals surface area contributed by atoms with Gasteiger partial charge in [-0.25, -0.2) is 9.37 Å². The van der Waals surface area contributed by atoms with Crippen molar-refractivity contribution in [2.45, 2.75) is 25.5 Å². The van der Waals surface area contributed by atoms with E-state index >= 15 is 0 Å². The van der Waals surface area contributed by atoms with Gasteiger partial charge in [0, 0.05) is 51.2 Å². The van der Waals surface area contributed by atoms with Gasteiger partial charge in [-0.2, -0.15) is 0 Å². The van der Waals surface area contributed by atoms with Crippen molar-refractivity contribution in [3.05, 3.63) is 54.0 Å². The molecule has 1 saturated heterocycles. The van der Waals surface area contributed by atoms with Crippen LogP contribution in [0.15, 0.2) is 47.6 Å². The Kier molecular flexibility index (Phi) is 10.8. The highest BCUT2D eigenvalue weighted by atomic mass is 127. The smallest absolute Gasteiger partial charge is 0.224 e. The fourth-order valence-electron chi connectivity index (χ4n) is 2.87. The molecule has 1 unspecified atom stereocenters. The van der Waals surface area contributed by atoms with E-state index in [1.54, 1.807) is 25.4 Å². The summed E-state index contributed by atoms with van der Waals surface area (Å²) in [7, 11) is 1.72. The molecule has 3 rings (SSSR count). The molecule has 1 atom stereocenters. The number of rotatable bonds is 9. The summed E-state index contributed by atoms with van der Waals surface area (Å²) in [5.41, 5.74) is 0.837. The van der Waals surface area contributed by atoms with E-state index in [1.807, 2.05) is 12.1 Å². The molecule has 164 valence electrons. The standard InChI is InChI=1S/C21H27FN4O3.HI/c1-23-21(25-10-4-11-28-19-8-12-27-15-19)26-14-16-5-3-9-24-20(16)29-18-7-2-6-17(22)13-18;/h2-3,5-7,9,13,19H,4,8,10-12,14-15H2,1H3,(H2,23,25,26);1H. The normalized spacial score (nSPS) is 16.1. The van der Waals surface area contributed by atoms with Crippen molar-refractivity contribution in [1.82, 2.24) is 15.6 Å². The molecule has 0 spiro atoms. The third-order valence-electron chi connectivity index (χ3n) is 4.39. The molecule has 1 fully saturated rings. The van der Waals surface area contributed by atoms with Crippen LogP contribution < -0.4 is 15.4 Å². The quantitative estimate of drug-likeness (QED) is 0.224. The van der Waals surface area contributed by atoms with Crippen molar-refractivity contribution in [2.75, 3.05) is 33.4 Å². The van der Waals surface area contributed by atoms with E-state index in [4.69, 9.17) is 14.2 Å². The summed E-state index contributed by atoms with van der Waals surface area (Å²) in [6.45, 7) is 3.38. The molecule has 0 bridgehead atoms. The number of hydrogen-bond acceptors (Lipinski definition) is 5. The molecule has 2 N–H and O–H groups in total. The third kappa shape index (κ3) is 8.04. The zero-order valence-electron chi connectivity index (χ0n) is 17.0. The van der Waals surface area contributed by atoms with Gasteiger partial charge in [-0.3, -0.25) is 4.99 Å². The predicted molar refractivity (Wildman–Crippen MR) is 124 cm³/mol. The molecular formula is C21H28FIN4O3. The monoisotopic (exact) mass is 530 g/mol. The van der Waals surface area contributed by atoms with Gasteiger partial charge < -0.3 is 24.8 Å². The summed E-state index contributed by atoms with van der Waals surface area (Å²) >= 11 is 0. The second-order valence-corrected chi connectivity index (χ2v) is 6.59. The van der Waals surface area contributed by atoms with Gasteiger partial charge in [0.2, 0.25) is 5.88 Å². The Balaban J connectivity index is 0.00000320. The van der Waals surface area contributed by atoms with Crippen molar-refractivity contribution in [2.24, 2.45) is 4.99 Å². The predicted octanol–water partition coefficient (Wildman–Crippen LogP) is 3.49. The maximum Gasteiger partial charge on any atom is 0.224 e. The van der Waals surface area contributed by atoms with Gasteiger partial charge >= 0.3 is 0 Å². The van der Waals surface area contributed by atoms with Crippen LogP contribution in [-0.4, -0.2) is 50.5 Å². The van der Waals surface area contributed by atoms with Crippen LogP contribution in [-0.2, 0) is 16.0 Å². The maximum absolute atomic E-state index is 13.4. The summed E-state index contributed by atoms with van der Waals surface area (Å²) in [4.78, 5) is 8.49. The van der Waals surface area contributed by atoms with E-state index in [0.29, 0.717) is 37.3 Å². The number of guanidine groups is 1. The lowest BCUT2D eigenvalue weighted by Crippen LogP contribution is -2.37. The lowest BCUT2D eigenvalue weighted by Gasteiger charge is -2.14. The molecule has 7 nitrogen and oxygen atoms in total. The second kappa shape index (κ2) is 13.3. The summed E-state index contributed by atoms with van der Waals surface area (Å²) in [6.07, 6.45) is 3.72. The molecule has 0 amide bonds. The van der Waals surface area contributed by atoms with Gasteiger partial charge in [-0.05, 0) is 31.0 Å².